The summed E-state index contributed by atoms with van der Waals surface area (Å²) < 4.78 is 14.0. The lowest BCUT2D eigenvalue weighted by atomic mass is 10.0. The van der Waals surface area contributed by atoms with Gasteiger partial charge in [-0.05, 0) is 50.2 Å². The minimum absolute atomic E-state index is 0.0410. The van der Waals surface area contributed by atoms with Gasteiger partial charge in [-0.25, -0.2) is 9.37 Å². The van der Waals surface area contributed by atoms with Gasteiger partial charge in [0, 0.05) is 23.5 Å². The van der Waals surface area contributed by atoms with Gasteiger partial charge in [0.25, 0.3) is 0 Å². The number of halogens is 1. The standard InChI is InChI=1S/C19H21FN2OS/c1-12-11-24-18(21-12)17-8-4-5-9-22(17)19(23)15-10-14(15)13-6-2-3-7-16(13)20/h2-3,6-7,11,14-15,17H,4-5,8-10H2,1H3/t14-,15+,17-/m0/s1. The second-order valence-electron chi connectivity index (χ2n) is 6.84. The maximum atomic E-state index is 14.0. The zero-order valence-corrected chi connectivity index (χ0v) is 14.6. The molecule has 1 aromatic carbocycles. The van der Waals surface area contributed by atoms with Crippen molar-refractivity contribution in [2.75, 3.05) is 6.54 Å². The van der Waals surface area contributed by atoms with Crippen molar-refractivity contribution in [2.45, 2.75) is 44.6 Å². The number of hydrogen-bond donors (Lipinski definition) is 0. The molecule has 2 aliphatic rings. The molecule has 5 heteroatoms. The summed E-state index contributed by atoms with van der Waals surface area (Å²) in [6.07, 6.45) is 3.92. The Morgan fingerprint density at radius 1 is 1.33 bits per heavy atom. The molecule has 2 aromatic rings. The number of piperidine rings is 1. The van der Waals surface area contributed by atoms with E-state index in [1.807, 2.05) is 29.3 Å². The minimum Gasteiger partial charge on any atom is -0.333 e. The minimum atomic E-state index is -0.191. The summed E-state index contributed by atoms with van der Waals surface area (Å²) in [6.45, 7) is 2.78. The van der Waals surface area contributed by atoms with Crippen molar-refractivity contribution in [1.29, 1.82) is 0 Å². The molecule has 24 heavy (non-hydrogen) atoms. The van der Waals surface area contributed by atoms with Crippen molar-refractivity contribution in [3.8, 4) is 0 Å². The molecule has 126 valence electrons. The topological polar surface area (TPSA) is 33.2 Å². The fourth-order valence-electron chi connectivity index (χ4n) is 3.78. The lowest BCUT2D eigenvalue weighted by molar-refractivity contribution is -0.136. The van der Waals surface area contributed by atoms with Gasteiger partial charge < -0.3 is 4.90 Å². The number of aromatic nitrogens is 1. The molecule has 2 fully saturated rings. The van der Waals surface area contributed by atoms with E-state index >= 15 is 0 Å². The quantitative estimate of drug-likeness (QED) is 0.824. The first kappa shape index (κ1) is 15.8. The molecule has 0 unspecified atom stereocenters. The van der Waals surface area contributed by atoms with Crippen molar-refractivity contribution in [2.24, 2.45) is 5.92 Å². The zero-order chi connectivity index (χ0) is 16.7. The van der Waals surface area contributed by atoms with E-state index in [0.29, 0.717) is 5.56 Å². The highest BCUT2D eigenvalue weighted by Crippen LogP contribution is 2.50. The van der Waals surface area contributed by atoms with Crippen molar-refractivity contribution in [1.82, 2.24) is 9.88 Å². The SMILES string of the molecule is Cc1csc([C@@H]2CCCCN2C(=O)[C@@H]2C[C@H]2c2ccccc2F)n1. The monoisotopic (exact) mass is 344 g/mol. The predicted molar refractivity (Wildman–Crippen MR) is 92.4 cm³/mol. The second kappa shape index (κ2) is 6.28. The molecule has 1 aliphatic carbocycles. The van der Waals surface area contributed by atoms with Crippen LogP contribution >= 0.6 is 11.3 Å². The molecule has 0 spiro atoms. The smallest absolute Gasteiger partial charge is 0.226 e. The van der Waals surface area contributed by atoms with Crippen LogP contribution in [-0.2, 0) is 4.79 Å². The lowest BCUT2D eigenvalue weighted by Crippen LogP contribution is -2.39. The highest BCUT2D eigenvalue weighted by atomic mass is 32.1. The number of thiazole rings is 1. The van der Waals surface area contributed by atoms with Gasteiger partial charge in [0.05, 0.1) is 6.04 Å². The van der Waals surface area contributed by atoms with Gasteiger partial charge in [0.15, 0.2) is 0 Å². The van der Waals surface area contributed by atoms with Gasteiger partial charge in [-0.2, -0.15) is 0 Å². The average molecular weight is 344 g/mol. The Bertz CT molecular complexity index is 759. The highest BCUT2D eigenvalue weighted by molar-refractivity contribution is 7.09. The maximum Gasteiger partial charge on any atom is 0.226 e. The Kier molecular flexibility index (Phi) is 4.12. The summed E-state index contributed by atoms with van der Waals surface area (Å²) in [7, 11) is 0. The molecule has 3 atom stereocenters. The van der Waals surface area contributed by atoms with Gasteiger partial charge in [-0.3, -0.25) is 4.79 Å². The average Bonchev–Trinajstić information content (AvgIpc) is 3.28. The Hall–Kier alpha value is -1.75. The molecule has 1 saturated heterocycles. The van der Waals surface area contributed by atoms with Crippen molar-refractivity contribution in [3.63, 3.8) is 0 Å². The van der Waals surface area contributed by atoms with Crippen molar-refractivity contribution < 1.29 is 9.18 Å². The summed E-state index contributed by atoms with van der Waals surface area (Å²) in [5.74, 6) is -0.0350. The third-order valence-electron chi connectivity index (χ3n) is 5.12. The normalized spacial score (nSPS) is 26.4. The Morgan fingerprint density at radius 3 is 2.92 bits per heavy atom. The predicted octanol–water partition coefficient (Wildman–Crippen LogP) is 4.45. The molecule has 3 nitrogen and oxygen atoms in total. The first-order chi connectivity index (χ1) is 11.6. The molecule has 1 amide bonds. The molecule has 0 N–H and O–H groups in total. The van der Waals surface area contributed by atoms with E-state index in [-0.39, 0.29) is 29.6 Å². The van der Waals surface area contributed by atoms with Crippen molar-refractivity contribution >= 4 is 17.2 Å². The third-order valence-corrected chi connectivity index (χ3v) is 6.18. The third kappa shape index (κ3) is 2.86. The van der Waals surface area contributed by atoms with Crippen LogP contribution in [0.4, 0.5) is 4.39 Å². The Morgan fingerprint density at radius 2 is 2.17 bits per heavy atom. The Balaban J connectivity index is 1.52. The molecule has 1 saturated carbocycles. The summed E-state index contributed by atoms with van der Waals surface area (Å²) in [4.78, 5) is 19.6. The summed E-state index contributed by atoms with van der Waals surface area (Å²) in [6, 6.07) is 6.94. The molecule has 1 aromatic heterocycles. The van der Waals surface area contributed by atoms with E-state index in [2.05, 4.69) is 4.98 Å². The number of carbonyl (C=O) groups excluding carboxylic acids is 1. The van der Waals surface area contributed by atoms with Gasteiger partial charge in [-0.1, -0.05) is 18.2 Å². The van der Waals surface area contributed by atoms with Gasteiger partial charge in [0.2, 0.25) is 5.91 Å². The molecule has 0 bridgehead atoms. The van der Waals surface area contributed by atoms with Crippen LogP contribution < -0.4 is 0 Å². The number of rotatable bonds is 3. The van der Waals surface area contributed by atoms with Crippen LogP contribution in [0.3, 0.4) is 0 Å². The number of carbonyl (C=O) groups is 1. The number of benzene rings is 1. The molecular formula is C19H21FN2OS. The van der Waals surface area contributed by atoms with Gasteiger partial charge in [-0.15, -0.1) is 11.3 Å². The lowest BCUT2D eigenvalue weighted by Gasteiger charge is -2.35. The second-order valence-corrected chi connectivity index (χ2v) is 7.73. The van der Waals surface area contributed by atoms with Crippen LogP contribution in [0.5, 0.6) is 0 Å². The maximum absolute atomic E-state index is 14.0. The first-order valence-corrected chi connectivity index (χ1v) is 9.50. The van der Waals surface area contributed by atoms with E-state index in [1.165, 1.54) is 6.07 Å². The summed E-state index contributed by atoms with van der Waals surface area (Å²) >= 11 is 1.64. The summed E-state index contributed by atoms with van der Waals surface area (Å²) in [5.41, 5.74) is 1.71. The fraction of sp³-hybridized carbons (Fsp3) is 0.474. The van der Waals surface area contributed by atoms with E-state index in [1.54, 1.807) is 17.4 Å². The van der Waals surface area contributed by atoms with Crippen LogP contribution in [0.15, 0.2) is 29.6 Å². The number of amides is 1. The number of nitrogens with zero attached hydrogens (tertiary/aromatic N) is 2. The van der Waals surface area contributed by atoms with Crippen LogP contribution in [-0.4, -0.2) is 22.3 Å². The summed E-state index contributed by atoms with van der Waals surface area (Å²) in [5, 5.41) is 3.09. The van der Waals surface area contributed by atoms with Crippen molar-refractivity contribution in [3.05, 3.63) is 51.7 Å². The van der Waals surface area contributed by atoms with E-state index in [4.69, 9.17) is 0 Å². The molecule has 0 radical (unpaired) electrons. The molecule has 2 heterocycles. The van der Waals surface area contributed by atoms with Crippen LogP contribution in [0.25, 0.3) is 0 Å². The van der Waals surface area contributed by atoms with Crippen LogP contribution in [0.1, 0.15) is 53.9 Å². The fourth-order valence-corrected chi connectivity index (χ4v) is 4.72. The highest BCUT2D eigenvalue weighted by Gasteiger charge is 2.48. The van der Waals surface area contributed by atoms with Crippen LogP contribution in [0.2, 0.25) is 0 Å². The number of hydrogen-bond acceptors (Lipinski definition) is 3. The first-order valence-electron chi connectivity index (χ1n) is 8.62. The number of likely N-dealkylation sites (tertiary alicyclic amines) is 1. The van der Waals surface area contributed by atoms with Crippen LogP contribution in [0, 0.1) is 18.7 Å². The Labute approximate surface area is 145 Å². The number of aryl methyl sites for hydroxylation is 1. The zero-order valence-electron chi connectivity index (χ0n) is 13.7. The molecular weight excluding hydrogens is 323 g/mol. The molecule has 4 rings (SSSR count). The largest absolute Gasteiger partial charge is 0.333 e. The van der Waals surface area contributed by atoms with Gasteiger partial charge in [0.1, 0.15) is 10.8 Å². The molecule has 1 aliphatic heterocycles. The van der Waals surface area contributed by atoms with E-state index in [0.717, 1.165) is 42.9 Å². The van der Waals surface area contributed by atoms with E-state index < -0.39 is 0 Å². The van der Waals surface area contributed by atoms with Gasteiger partial charge >= 0.3 is 0 Å². The van der Waals surface area contributed by atoms with E-state index in [9.17, 15) is 9.18 Å².